The Bertz CT molecular complexity index is 684. The van der Waals surface area contributed by atoms with Crippen LogP contribution in [0.4, 0.5) is 5.69 Å². The van der Waals surface area contributed by atoms with Crippen LogP contribution in [0.5, 0.6) is 5.75 Å². The van der Waals surface area contributed by atoms with Crippen molar-refractivity contribution in [1.29, 1.82) is 0 Å². The zero-order chi connectivity index (χ0) is 17.5. The summed E-state index contributed by atoms with van der Waals surface area (Å²) in [5.41, 5.74) is 1.78. The van der Waals surface area contributed by atoms with E-state index in [9.17, 15) is 4.79 Å². The summed E-state index contributed by atoms with van der Waals surface area (Å²) in [7, 11) is 0. The maximum atomic E-state index is 12.3. The molecular formula is C20H24N2O3. The van der Waals surface area contributed by atoms with E-state index < -0.39 is 0 Å². The maximum absolute atomic E-state index is 12.3. The van der Waals surface area contributed by atoms with Gasteiger partial charge in [-0.3, -0.25) is 4.79 Å². The first-order valence-electron chi connectivity index (χ1n) is 8.64. The number of carbonyl (C=O) groups excluding carboxylic acids is 1. The number of carbonyl (C=O) groups is 1. The minimum Gasteiger partial charge on any atom is -0.484 e. The molecule has 0 radical (unpaired) electrons. The van der Waals surface area contributed by atoms with Gasteiger partial charge in [0.15, 0.2) is 0 Å². The molecule has 132 valence electrons. The Morgan fingerprint density at radius 3 is 2.76 bits per heavy atom. The Balaban J connectivity index is 1.63. The third kappa shape index (κ3) is 5.05. The van der Waals surface area contributed by atoms with Crippen molar-refractivity contribution in [3.63, 3.8) is 0 Å². The molecule has 2 aromatic rings. The topological polar surface area (TPSA) is 59.6 Å². The van der Waals surface area contributed by atoms with Gasteiger partial charge < -0.3 is 20.1 Å². The molecule has 2 aromatic carbocycles. The molecule has 2 N–H and O–H groups in total. The lowest BCUT2D eigenvalue weighted by Crippen LogP contribution is -2.43. The highest BCUT2D eigenvalue weighted by Crippen LogP contribution is 2.29. The van der Waals surface area contributed by atoms with E-state index in [1.807, 2.05) is 61.5 Å². The SMILES string of the molecule is CC(Oc1ccccc1NC(=O)CC1COCCN1)c1ccccc1. The highest BCUT2D eigenvalue weighted by molar-refractivity contribution is 5.92. The second kappa shape index (κ2) is 8.65. The average Bonchev–Trinajstić information content (AvgIpc) is 2.65. The van der Waals surface area contributed by atoms with Gasteiger partial charge in [-0.25, -0.2) is 0 Å². The Labute approximate surface area is 148 Å². The molecule has 1 aliphatic rings. The third-order valence-electron chi connectivity index (χ3n) is 4.16. The van der Waals surface area contributed by atoms with Gasteiger partial charge in [0.2, 0.25) is 5.91 Å². The van der Waals surface area contributed by atoms with Crippen molar-refractivity contribution < 1.29 is 14.3 Å². The predicted octanol–water partition coefficient (Wildman–Crippen LogP) is 3.14. The van der Waals surface area contributed by atoms with Gasteiger partial charge in [-0.15, -0.1) is 0 Å². The Hall–Kier alpha value is -2.37. The number of nitrogens with one attached hydrogen (secondary N) is 2. The van der Waals surface area contributed by atoms with E-state index >= 15 is 0 Å². The molecule has 0 aromatic heterocycles. The summed E-state index contributed by atoms with van der Waals surface area (Å²) in [6, 6.07) is 17.6. The Morgan fingerprint density at radius 2 is 2.00 bits per heavy atom. The average molecular weight is 340 g/mol. The first-order chi connectivity index (χ1) is 12.2. The molecule has 5 heteroatoms. The van der Waals surface area contributed by atoms with Gasteiger partial charge in [-0.05, 0) is 24.6 Å². The number of amides is 1. The molecule has 0 aliphatic carbocycles. The van der Waals surface area contributed by atoms with Crippen molar-refractivity contribution in [2.45, 2.75) is 25.5 Å². The second-order valence-electron chi connectivity index (χ2n) is 6.15. The van der Waals surface area contributed by atoms with Crippen LogP contribution in [0.25, 0.3) is 0 Å². The molecule has 1 fully saturated rings. The molecule has 25 heavy (non-hydrogen) atoms. The van der Waals surface area contributed by atoms with Crippen molar-refractivity contribution in [2.24, 2.45) is 0 Å². The van der Waals surface area contributed by atoms with Crippen molar-refractivity contribution in [1.82, 2.24) is 5.32 Å². The van der Waals surface area contributed by atoms with Crippen LogP contribution in [-0.2, 0) is 9.53 Å². The molecule has 0 bridgehead atoms. The zero-order valence-corrected chi connectivity index (χ0v) is 14.4. The quantitative estimate of drug-likeness (QED) is 0.848. The van der Waals surface area contributed by atoms with Gasteiger partial charge in [0, 0.05) is 19.0 Å². The van der Waals surface area contributed by atoms with Crippen LogP contribution in [-0.4, -0.2) is 31.7 Å². The third-order valence-corrected chi connectivity index (χ3v) is 4.16. The monoisotopic (exact) mass is 340 g/mol. The molecule has 2 atom stereocenters. The lowest BCUT2D eigenvalue weighted by molar-refractivity contribution is -0.117. The number of hydrogen-bond acceptors (Lipinski definition) is 4. The fourth-order valence-corrected chi connectivity index (χ4v) is 2.83. The van der Waals surface area contributed by atoms with E-state index in [0.717, 1.165) is 12.1 Å². The highest BCUT2D eigenvalue weighted by Gasteiger charge is 2.18. The lowest BCUT2D eigenvalue weighted by Gasteiger charge is -2.23. The van der Waals surface area contributed by atoms with Gasteiger partial charge in [0.25, 0.3) is 0 Å². The van der Waals surface area contributed by atoms with Crippen LogP contribution in [0, 0.1) is 0 Å². The molecule has 2 unspecified atom stereocenters. The molecule has 0 saturated carbocycles. The van der Waals surface area contributed by atoms with Gasteiger partial charge in [0.1, 0.15) is 11.9 Å². The van der Waals surface area contributed by atoms with Crippen molar-refractivity contribution in [3.05, 3.63) is 60.2 Å². The predicted molar refractivity (Wildman–Crippen MR) is 97.8 cm³/mol. The fourth-order valence-electron chi connectivity index (χ4n) is 2.83. The van der Waals surface area contributed by atoms with E-state index in [1.165, 1.54) is 0 Å². The lowest BCUT2D eigenvalue weighted by atomic mass is 10.1. The van der Waals surface area contributed by atoms with E-state index in [4.69, 9.17) is 9.47 Å². The molecule has 0 spiro atoms. The molecule has 1 heterocycles. The largest absolute Gasteiger partial charge is 0.484 e. The summed E-state index contributed by atoms with van der Waals surface area (Å²) in [6.07, 6.45) is 0.274. The number of para-hydroxylation sites is 2. The van der Waals surface area contributed by atoms with Gasteiger partial charge in [-0.2, -0.15) is 0 Å². The summed E-state index contributed by atoms with van der Waals surface area (Å²) in [5, 5.41) is 6.24. The van der Waals surface area contributed by atoms with Crippen LogP contribution in [0.1, 0.15) is 25.0 Å². The van der Waals surface area contributed by atoms with E-state index in [0.29, 0.717) is 31.1 Å². The van der Waals surface area contributed by atoms with Crippen LogP contribution < -0.4 is 15.4 Å². The number of hydrogen-bond donors (Lipinski definition) is 2. The smallest absolute Gasteiger partial charge is 0.226 e. The normalized spacial score (nSPS) is 18.4. The fraction of sp³-hybridized carbons (Fsp3) is 0.350. The molecule has 1 amide bonds. The molecular weight excluding hydrogens is 316 g/mol. The minimum absolute atomic E-state index is 0.0496. The summed E-state index contributed by atoms with van der Waals surface area (Å²) in [4.78, 5) is 12.3. The van der Waals surface area contributed by atoms with E-state index in [1.54, 1.807) is 0 Å². The van der Waals surface area contributed by atoms with Crippen LogP contribution in [0.3, 0.4) is 0 Å². The second-order valence-corrected chi connectivity index (χ2v) is 6.15. The molecule has 3 rings (SSSR count). The molecule has 1 aliphatic heterocycles. The minimum atomic E-state index is -0.104. The number of anilines is 1. The number of ether oxygens (including phenoxy) is 2. The van der Waals surface area contributed by atoms with Gasteiger partial charge in [0.05, 0.1) is 18.9 Å². The summed E-state index contributed by atoms with van der Waals surface area (Å²) in [6.45, 7) is 4.05. The van der Waals surface area contributed by atoms with Gasteiger partial charge >= 0.3 is 0 Å². The number of morpholine rings is 1. The maximum Gasteiger partial charge on any atom is 0.226 e. The Kier molecular flexibility index (Phi) is 6.04. The first kappa shape index (κ1) is 17.5. The van der Waals surface area contributed by atoms with Gasteiger partial charge in [-0.1, -0.05) is 42.5 Å². The first-order valence-corrected chi connectivity index (χ1v) is 8.64. The van der Waals surface area contributed by atoms with E-state index in [2.05, 4.69) is 10.6 Å². The summed E-state index contributed by atoms with van der Waals surface area (Å²) < 4.78 is 11.5. The molecule has 1 saturated heterocycles. The highest BCUT2D eigenvalue weighted by atomic mass is 16.5. The van der Waals surface area contributed by atoms with Crippen molar-refractivity contribution >= 4 is 11.6 Å². The van der Waals surface area contributed by atoms with E-state index in [-0.39, 0.29) is 18.1 Å². The number of rotatable bonds is 6. The van der Waals surface area contributed by atoms with Crippen molar-refractivity contribution in [3.8, 4) is 5.75 Å². The van der Waals surface area contributed by atoms with Crippen LogP contribution in [0.2, 0.25) is 0 Å². The van der Waals surface area contributed by atoms with Crippen LogP contribution in [0.15, 0.2) is 54.6 Å². The number of benzene rings is 2. The zero-order valence-electron chi connectivity index (χ0n) is 14.4. The summed E-state index contributed by atoms with van der Waals surface area (Å²) in [5.74, 6) is 0.617. The Morgan fingerprint density at radius 1 is 1.24 bits per heavy atom. The summed E-state index contributed by atoms with van der Waals surface area (Å²) >= 11 is 0. The molecule has 5 nitrogen and oxygen atoms in total. The van der Waals surface area contributed by atoms with Crippen LogP contribution >= 0.6 is 0 Å². The standard InChI is InChI=1S/C20H24N2O3/c1-15(16-7-3-2-4-8-16)25-19-10-6-5-9-18(19)22-20(23)13-17-14-24-12-11-21-17/h2-10,15,17,21H,11-14H2,1H3,(H,22,23). The van der Waals surface area contributed by atoms with Crippen molar-refractivity contribution in [2.75, 3.05) is 25.1 Å².